The topological polar surface area (TPSA) is 89.5 Å². The molecule has 0 heterocycles. The van der Waals surface area contributed by atoms with Crippen molar-refractivity contribution in [3.63, 3.8) is 0 Å². The van der Waals surface area contributed by atoms with Crippen LogP contribution in [0.4, 0.5) is 4.39 Å². The number of halogens is 1. The van der Waals surface area contributed by atoms with Crippen LogP contribution in [0.15, 0.2) is 47.4 Å². The van der Waals surface area contributed by atoms with E-state index in [1.807, 2.05) is 0 Å². The maximum absolute atomic E-state index is 12.8. The third kappa shape index (κ3) is 4.63. The molecule has 0 saturated carbocycles. The van der Waals surface area contributed by atoms with Crippen LogP contribution in [-0.2, 0) is 9.84 Å². The van der Waals surface area contributed by atoms with Gasteiger partial charge < -0.3 is 10.1 Å². The van der Waals surface area contributed by atoms with E-state index in [1.54, 1.807) is 0 Å². The number of carbonyl (C=O) groups is 2. The molecule has 0 spiro atoms. The van der Waals surface area contributed by atoms with E-state index < -0.39 is 27.3 Å². The standard InChI is InChI=1S/C17H16FNO5S/c1-24-15-8-5-12(9-16(15)25(2,22)23)17(21)19-10-14(20)11-3-6-13(18)7-4-11/h3-9H,10H2,1-2H3,(H,19,21). The fourth-order valence-electron chi connectivity index (χ4n) is 2.11. The van der Waals surface area contributed by atoms with Gasteiger partial charge in [-0.2, -0.15) is 0 Å². The summed E-state index contributed by atoms with van der Waals surface area (Å²) in [5, 5.41) is 2.41. The molecular formula is C17H16FNO5S. The number of ketones is 1. The van der Waals surface area contributed by atoms with Gasteiger partial charge in [0, 0.05) is 17.4 Å². The van der Waals surface area contributed by atoms with Gasteiger partial charge in [0.05, 0.1) is 13.7 Å². The van der Waals surface area contributed by atoms with Crippen molar-refractivity contribution in [1.29, 1.82) is 0 Å². The lowest BCUT2D eigenvalue weighted by atomic mass is 10.1. The van der Waals surface area contributed by atoms with Crippen LogP contribution in [0.1, 0.15) is 20.7 Å². The molecule has 0 radical (unpaired) electrons. The van der Waals surface area contributed by atoms with E-state index >= 15 is 0 Å². The largest absolute Gasteiger partial charge is 0.495 e. The molecule has 0 atom stereocenters. The first-order valence-corrected chi connectivity index (χ1v) is 9.06. The highest BCUT2D eigenvalue weighted by Crippen LogP contribution is 2.24. The Morgan fingerprint density at radius 3 is 2.24 bits per heavy atom. The van der Waals surface area contributed by atoms with Crippen molar-refractivity contribution in [3.8, 4) is 5.75 Å². The lowest BCUT2D eigenvalue weighted by Gasteiger charge is -2.10. The van der Waals surface area contributed by atoms with E-state index in [1.165, 1.54) is 37.4 Å². The van der Waals surface area contributed by atoms with E-state index in [4.69, 9.17) is 4.74 Å². The Morgan fingerprint density at radius 2 is 1.68 bits per heavy atom. The van der Waals surface area contributed by atoms with Gasteiger partial charge in [-0.1, -0.05) is 0 Å². The summed E-state index contributed by atoms with van der Waals surface area (Å²) in [4.78, 5) is 24.0. The van der Waals surface area contributed by atoms with Gasteiger partial charge in [0.15, 0.2) is 15.6 Å². The molecule has 1 N–H and O–H groups in total. The number of ether oxygens (including phenoxy) is 1. The summed E-state index contributed by atoms with van der Waals surface area (Å²) >= 11 is 0. The molecule has 0 bridgehead atoms. The molecule has 0 fully saturated rings. The van der Waals surface area contributed by atoms with E-state index in [-0.39, 0.29) is 28.3 Å². The summed E-state index contributed by atoms with van der Waals surface area (Å²) < 4.78 is 41.4. The van der Waals surface area contributed by atoms with Gasteiger partial charge in [-0.25, -0.2) is 12.8 Å². The molecule has 0 aliphatic rings. The molecule has 2 aromatic carbocycles. The average Bonchev–Trinajstić information content (AvgIpc) is 2.58. The van der Waals surface area contributed by atoms with Gasteiger partial charge in [-0.15, -0.1) is 0 Å². The van der Waals surface area contributed by atoms with E-state index in [0.717, 1.165) is 18.4 Å². The molecule has 1 amide bonds. The van der Waals surface area contributed by atoms with Crippen LogP contribution in [0.5, 0.6) is 5.75 Å². The minimum atomic E-state index is -3.59. The molecule has 132 valence electrons. The second kappa shape index (κ2) is 7.43. The number of hydrogen-bond donors (Lipinski definition) is 1. The molecule has 0 aliphatic heterocycles. The normalized spacial score (nSPS) is 11.0. The van der Waals surface area contributed by atoms with Crippen molar-refractivity contribution in [2.45, 2.75) is 4.90 Å². The number of carbonyl (C=O) groups excluding carboxylic acids is 2. The minimum absolute atomic E-state index is 0.0770. The molecule has 0 aliphatic carbocycles. The SMILES string of the molecule is COc1ccc(C(=O)NCC(=O)c2ccc(F)cc2)cc1S(C)(=O)=O. The number of rotatable bonds is 6. The van der Waals surface area contributed by atoms with Crippen LogP contribution in [0.2, 0.25) is 0 Å². The minimum Gasteiger partial charge on any atom is -0.495 e. The lowest BCUT2D eigenvalue weighted by Crippen LogP contribution is -2.29. The summed E-state index contributed by atoms with van der Waals surface area (Å²) in [6, 6.07) is 8.88. The maximum atomic E-state index is 12.8. The van der Waals surface area contributed by atoms with E-state index in [0.29, 0.717) is 0 Å². The summed E-state index contributed by atoms with van der Waals surface area (Å²) in [6.45, 7) is -0.301. The summed E-state index contributed by atoms with van der Waals surface area (Å²) in [5.41, 5.74) is 0.335. The van der Waals surface area contributed by atoms with E-state index in [2.05, 4.69) is 5.32 Å². The molecule has 25 heavy (non-hydrogen) atoms. The van der Waals surface area contributed by atoms with Crippen LogP contribution in [0.3, 0.4) is 0 Å². The van der Waals surface area contributed by atoms with Crippen molar-refractivity contribution >= 4 is 21.5 Å². The highest BCUT2D eigenvalue weighted by Gasteiger charge is 2.18. The Bertz CT molecular complexity index is 907. The Labute approximate surface area is 144 Å². The number of sulfone groups is 1. The molecule has 0 saturated heterocycles. The van der Waals surface area contributed by atoms with Gasteiger partial charge in [-0.05, 0) is 42.5 Å². The van der Waals surface area contributed by atoms with Crippen molar-refractivity contribution in [3.05, 3.63) is 59.4 Å². The van der Waals surface area contributed by atoms with Crippen LogP contribution < -0.4 is 10.1 Å². The highest BCUT2D eigenvalue weighted by molar-refractivity contribution is 7.90. The van der Waals surface area contributed by atoms with Crippen molar-refractivity contribution in [2.24, 2.45) is 0 Å². The van der Waals surface area contributed by atoms with Gasteiger partial charge in [0.2, 0.25) is 0 Å². The molecule has 0 unspecified atom stereocenters. The zero-order valence-electron chi connectivity index (χ0n) is 13.6. The highest BCUT2D eigenvalue weighted by atomic mass is 32.2. The number of hydrogen-bond acceptors (Lipinski definition) is 5. The van der Waals surface area contributed by atoms with Crippen LogP contribution >= 0.6 is 0 Å². The first kappa shape index (κ1) is 18.6. The van der Waals surface area contributed by atoms with Gasteiger partial charge in [0.1, 0.15) is 16.5 Å². The Balaban J connectivity index is 2.13. The number of benzene rings is 2. The number of amides is 1. The van der Waals surface area contributed by atoms with Crippen LogP contribution in [-0.4, -0.2) is 40.0 Å². The van der Waals surface area contributed by atoms with Crippen LogP contribution in [0, 0.1) is 5.82 Å². The molecule has 2 rings (SSSR count). The predicted molar refractivity (Wildman–Crippen MR) is 89.2 cm³/mol. The van der Waals surface area contributed by atoms with Gasteiger partial charge >= 0.3 is 0 Å². The predicted octanol–water partition coefficient (Wildman–Crippen LogP) is 1.85. The second-order valence-corrected chi connectivity index (χ2v) is 7.23. The molecular weight excluding hydrogens is 349 g/mol. The number of methoxy groups -OCH3 is 1. The van der Waals surface area contributed by atoms with Gasteiger partial charge in [0.25, 0.3) is 5.91 Å². The van der Waals surface area contributed by atoms with Crippen molar-refractivity contribution < 1.29 is 27.1 Å². The Kier molecular flexibility index (Phi) is 5.53. The van der Waals surface area contributed by atoms with Gasteiger partial charge in [-0.3, -0.25) is 9.59 Å². The summed E-state index contributed by atoms with van der Waals surface area (Å²) in [7, 11) is -2.26. The van der Waals surface area contributed by atoms with Crippen molar-refractivity contribution in [1.82, 2.24) is 5.32 Å². The quantitative estimate of drug-likeness (QED) is 0.789. The fraction of sp³-hybridized carbons (Fsp3) is 0.176. The zero-order valence-corrected chi connectivity index (χ0v) is 14.4. The summed E-state index contributed by atoms with van der Waals surface area (Å²) in [5.74, 6) is -1.35. The number of Topliss-reactive ketones (excluding diaryl/α,β-unsaturated/α-hetero) is 1. The molecule has 0 aromatic heterocycles. The second-order valence-electron chi connectivity index (χ2n) is 5.25. The summed E-state index contributed by atoms with van der Waals surface area (Å²) in [6.07, 6.45) is 1.00. The van der Waals surface area contributed by atoms with E-state index in [9.17, 15) is 22.4 Å². The third-order valence-corrected chi connectivity index (χ3v) is 4.52. The molecule has 8 heteroatoms. The molecule has 6 nitrogen and oxygen atoms in total. The maximum Gasteiger partial charge on any atom is 0.251 e. The van der Waals surface area contributed by atoms with Crippen molar-refractivity contribution in [2.75, 3.05) is 19.9 Å². The third-order valence-electron chi connectivity index (χ3n) is 3.40. The Morgan fingerprint density at radius 1 is 1.08 bits per heavy atom. The number of nitrogens with one attached hydrogen (secondary N) is 1. The van der Waals surface area contributed by atoms with Crippen LogP contribution in [0.25, 0.3) is 0 Å². The smallest absolute Gasteiger partial charge is 0.251 e. The molecule has 2 aromatic rings. The lowest BCUT2D eigenvalue weighted by molar-refractivity contribution is 0.0904. The average molecular weight is 365 g/mol. The zero-order chi connectivity index (χ0) is 18.6. The monoisotopic (exact) mass is 365 g/mol. The first-order valence-electron chi connectivity index (χ1n) is 7.17. The first-order chi connectivity index (χ1) is 11.7. The Hall–Kier alpha value is -2.74. The fourth-order valence-corrected chi connectivity index (χ4v) is 2.97.